The van der Waals surface area contributed by atoms with Crippen LogP contribution in [0.3, 0.4) is 0 Å². The molecule has 116 valence electrons. The van der Waals surface area contributed by atoms with E-state index in [0.717, 1.165) is 16.3 Å². The van der Waals surface area contributed by atoms with E-state index in [2.05, 4.69) is 10.3 Å². The van der Waals surface area contributed by atoms with Crippen molar-refractivity contribution < 1.29 is 4.79 Å². The Balaban J connectivity index is 1.76. The molecule has 0 atom stereocenters. The number of nitrogens with zero attached hydrogens (tertiary/aromatic N) is 1. The van der Waals surface area contributed by atoms with Crippen molar-refractivity contribution in [1.29, 1.82) is 0 Å². The van der Waals surface area contributed by atoms with E-state index >= 15 is 0 Å². The summed E-state index contributed by atoms with van der Waals surface area (Å²) in [6, 6.07) is 12.3. The zero-order valence-electron chi connectivity index (χ0n) is 12.1. The highest BCUT2D eigenvalue weighted by molar-refractivity contribution is 7.09. The largest absolute Gasteiger partial charge is 0.322 e. The molecule has 3 rings (SSSR count). The van der Waals surface area contributed by atoms with Gasteiger partial charge in [0.05, 0.1) is 21.3 Å². The summed E-state index contributed by atoms with van der Waals surface area (Å²) in [5.74, 6) is -0.274. The SMILES string of the molecule is Cc1nc(-c2ccc(NC(=O)c3ccc(Cl)cc3Cl)cc2)cs1. The summed E-state index contributed by atoms with van der Waals surface area (Å²) >= 11 is 13.5. The maximum Gasteiger partial charge on any atom is 0.257 e. The number of hydrogen-bond donors (Lipinski definition) is 1. The summed E-state index contributed by atoms with van der Waals surface area (Å²) in [5.41, 5.74) is 3.02. The van der Waals surface area contributed by atoms with Crippen LogP contribution >= 0.6 is 34.5 Å². The van der Waals surface area contributed by atoms with E-state index in [1.54, 1.807) is 29.5 Å². The summed E-state index contributed by atoms with van der Waals surface area (Å²) in [6.45, 7) is 1.97. The molecule has 0 unspecified atom stereocenters. The van der Waals surface area contributed by atoms with Crippen LogP contribution in [-0.2, 0) is 0 Å². The molecule has 0 aliphatic heterocycles. The zero-order chi connectivity index (χ0) is 16.4. The number of anilines is 1. The smallest absolute Gasteiger partial charge is 0.257 e. The van der Waals surface area contributed by atoms with Crippen LogP contribution in [0.2, 0.25) is 10.0 Å². The van der Waals surface area contributed by atoms with Crippen molar-refractivity contribution in [3.05, 3.63) is 68.5 Å². The maximum atomic E-state index is 12.3. The Hall–Kier alpha value is -1.88. The highest BCUT2D eigenvalue weighted by Crippen LogP contribution is 2.25. The number of aromatic nitrogens is 1. The predicted octanol–water partition coefficient (Wildman–Crippen LogP) is 5.68. The molecule has 1 aromatic heterocycles. The molecule has 0 aliphatic carbocycles. The molecule has 1 heterocycles. The molecular weight excluding hydrogens is 351 g/mol. The number of rotatable bonds is 3. The molecule has 3 aromatic rings. The van der Waals surface area contributed by atoms with Gasteiger partial charge in [-0.1, -0.05) is 35.3 Å². The zero-order valence-corrected chi connectivity index (χ0v) is 14.5. The van der Waals surface area contributed by atoms with Crippen molar-refractivity contribution in [2.45, 2.75) is 6.92 Å². The number of carbonyl (C=O) groups excluding carboxylic acids is 1. The topological polar surface area (TPSA) is 42.0 Å². The lowest BCUT2D eigenvalue weighted by molar-refractivity contribution is 0.102. The van der Waals surface area contributed by atoms with Gasteiger partial charge < -0.3 is 5.32 Å². The van der Waals surface area contributed by atoms with Gasteiger partial charge in [-0.2, -0.15) is 0 Å². The van der Waals surface area contributed by atoms with Gasteiger partial charge in [0.2, 0.25) is 0 Å². The van der Waals surface area contributed by atoms with Gasteiger partial charge in [0, 0.05) is 21.7 Å². The lowest BCUT2D eigenvalue weighted by Crippen LogP contribution is -2.12. The number of carbonyl (C=O) groups is 1. The number of thiazole rings is 1. The Kier molecular flexibility index (Phi) is 4.66. The number of hydrogen-bond acceptors (Lipinski definition) is 3. The molecule has 6 heteroatoms. The first-order valence-electron chi connectivity index (χ1n) is 6.82. The van der Waals surface area contributed by atoms with Crippen molar-refractivity contribution >= 4 is 46.1 Å². The van der Waals surface area contributed by atoms with Crippen LogP contribution in [0.15, 0.2) is 47.8 Å². The van der Waals surface area contributed by atoms with E-state index in [0.29, 0.717) is 21.3 Å². The fourth-order valence-electron chi connectivity index (χ4n) is 2.09. The average molecular weight is 363 g/mol. The summed E-state index contributed by atoms with van der Waals surface area (Å²) in [4.78, 5) is 16.7. The van der Waals surface area contributed by atoms with Gasteiger partial charge in [-0.3, -0.25) is 4.79 Å². The van der Waals surface area contributed by atoms with E-state index < -0.39 is 0 Å². The highest BCUT2D eigenvalue weighted by atomic mass is 35.5. The second-order valence-electron chi connectivity index (χ2n) is 4.91. The molecule has 0 saturated heterocycles. The Morgan fingerprint density at radius 2 is 1.87 bits per heavy atom. The minimum absolute atomic E-state index is 0.274. The van der Waals surface area contributed by atoms with Crippen molar-refractivity contribution in [1.82, 2.24) is 4.98 Å². The van der Waals surface area contributed by atoms with Crippen LogP contribution in [0.25, 0.3) is 11.3 Å². The summed E-state index contributed by atoms with van der Waals surface area (Å²) < 4.78 is 0. The van der Waals surface area contributed by atoms with Gasteiger partial charge in [-0.05, 0) is 37.3 Å². The monoisotopic (exact) mass is 362 g/mol. The van der Waals surface area contributed by atoms with Gasteiger partial charge >= 0.3 is 0 Å². The van der Waals surface area contributed by atoms with Crippen molar-refractivity contribution in [3.63, 3.8) is 0 Å². The van der Waals surface area contributed by atoms with Crippen LogP contribution in [0.1, 0.15) is 15.4 Å². The maximum absolute atomic E-state index is 12.3. The Morgan fingerprint density at radius 3 is 2.48 bits per heavy atom. The molecule has 0 fully saturated rings. The fourth-order valence-corrected chi connectivity index (χ4v) is 3.21. The number of benzene rings is 2. The molecule has 0 saturated carbocycles. The summed E-state index contributed by atoms with van der Waals surface area (Å²) in [5, 5.41) is 6.67. The van der Waals surface area contributed by atoms with Crippen molar-refractivity contribution in [2.24, 2.45) is 0 Å². The molecule has 3 nitrogen and oxygen atoms in total. The van der Waals surface area contributed by atoms with Crippen LogP contribution in [0, 0.1) is 6.92 Å². The first kappa shape index (κ1) is 16.0. The standard InChI is InChI=1S/C17H12Cl2N2OS/c1-10-20-16(9-23-10)11-2-5-13(6-3-11)21-17(22)14-7-4-12(18)8-15(14)19/h2-9H,1H3,(H,21,22). The third kappa shape index (κ3) is 3.72. The van der Waals surface area contributed by atoms with Crippen molar-refractivity contribution in [2.75, 3.05) is 5.32 Å². The first-order valence-corrected chi connectivity index (χ1v) is 8.45. The number of nitrogens with one attached hydrogen (secondary N) is 1. The normalized spacial score (nSPS) is 10.6. The van der Waals surface area contributed by atoms with Gasteiger partial charge in [0.1, 0.15) is 0 Å². The Bertz CT molecular complexity index is 859. The van der Waals surface area contributed by atoms with E-state index in [1.165, 1.54) is 0 Å². The highest BCUT2D eigenvalue weighted by Gasteiger charge is 2.11. The van der Waals surface area contributed by atoms with Crippen LogP contribution in [0.5, 0.6) is 0 Å². The summed E-state index contributed by atoms with van der Waals surface area (Å²) in [7, 11) is 0. The molecule has 1 amide bonds. The van der Waals surface area contributed by atoms with E-state index in [9.17, 15) is 4.79 Å². The average Bonchev–Trinajstić information content (AvgIpc) is 2.94. The molecule has 0 bridgehead atoms. The van der Waals surface area contributed by atoms with E-state index in [1.807, 2.05) is 36.6 Å². The number of amides is 1. The predicted molar refractivity (Wildman–Crippen MR) is 96.7 cm³/mol. The van der Waals surface area contributed by atoms with E-state index in [-0.39, 0.29) is 5.91 Å². The number of halogens is 2. The molecule has 23 heavy (non-hydrogen) atoms. The van der Waals surface area contributed by atoms with Gasteiger partial charge in [0.15, 0.2) is 0 Å². The molecule has 1 N–H and O–H groups in total. The van der Waals surface area contributed by atoms with Crippen LogP contribution < -0.4 is 5.32 Å². The van der Waals surface area contributed by atoms with Gasteiger partial charge in [-0.15, -0.1) is 11.3 Å². The Labute approximate surface area is 147 Å². The lowest BCUT2D eigenvalue weighted by atomic mass is 10.1. The number of aryl methyl sites for hydroxylation is 1. The van der Waals surface area contributed by atoms with Crippen molar-refractivity contribution in [3.8, 4) is 11.3 Å². The minimum Gasteiger partial charge on any atom is -0.322 e. The third-order valence-electron chi connectivity index (χ3n) is 3.23. The first-order chi connectivity index (χ1) is 11.0. The minimum atomic E-state index is -0.274. The molecule has 0 radical (unpaired) electrons. The second kappa shape index (κ2) is 6.71. The second-order valence-corrected chi connectivity index (χ2v) is 6.81. The quantitative estimate of drug-likeness (QED) is 0.651. The van der Waals surface area contributed by atoms with Crippen LogP contribution in [-0.4, -0.2) is 10.9 Å². The lowest BCUT2D eigenvalue weighted by Gasteiger charge is -2.07. The third-order valence-corrected chi connectivity index (χ3v) is 4.55. The molecule has 0 spiro atoms. The van der Waals surface area contributed by atoms with Gasteiger partial charge in [0.25, 0.3) is 5.91 Å². The van der Waals surface area contributed by atoms with E-state index in [4.69, 9.17) is 23.2 Å². The molecule has 2 aromatic carbocycles. The van der Waals surface area contributed by atoms with Gasteiger partial charge in [-0.25, -0.2) is 4.98 Å². The molecule has 0 aliphatic rings. The Morgan fingerprint density at radius 1 is 1.13 bits per heavy atom. The summed E-state index contributed by atoms with van der Waals surface area (Å²) in [6.07, 6.45) is 0. The molecular formula is C17H12Cl2N2OS. The fraction of sp³-hybridized carbons (Fsp3) is 0.0588. The van der Waals surface area contributed by atoms with Crippen LogP contribution in [0.4, 0.5) is 5.69 Å².